The van der Waals surface area contributed by atoms with Crippen LogP contribution in [0.1, 0.15) is 202 Å². The minimum atomic E-state index is -0.292. The van der Waals surface area contributed by atoms with E-state index in [0.29, 0.717) is 65.1 Å². The smallest absolute Gasteiger partial charge is 0.307 e. The highest BCUT2D eigenvalue weighted by molar-refractivity contribution is 5.71. The molecule has 0 spiro atoms. The van der Waals surface area contributed by atoms with Crippen LogP contribution in [-0.2, 0) is 47.6 Å². The molecule has 0 N–H and O–H groups in total. The molecule has 71 heavy (non-hydrogen) atoms. The van der Waals surface area contributed by atoms with Crippen molar-refractivity contribution in [2.75, 3.05) is 106 Å². The molecule has 0 saturated carbocycles. The van der Waals surface area contributed by atoms with Crippen LogP contribution in [0.2, 0.25) is 0 Å². The number of allylic oxidation sites excluding steroid dienone is 6. The molecule has 414 valence electrons. The van der Waals surface area contributed by atoms with Crippen LogP contribution in [0, 0.1) is 5.92 Å². The molecule has 0 fully saturated rings. The molecule has 0 bridgehead atoms. The number of hydrogen-bond donors (Lipinski definition) is 0. The Bertz CT molecular complexity index is 1290. The third-order valence-corrected chi connectivity index (χ3v) is 12.3. The van der Waals surface area contributed by atoms with E-state index in [9.17, 15) is 19.2 Å². The average molecular weight is 1010 g/mol. The third-order valence-electron chi connectivity index (χ3n) is 12.3. The Labute approximate surface area is 434 Å². The van der Waals surface area contributed by atoms with E-state index in [1.807, 2.05) is 0 Å². The van der Waals surface area contributed by atoms with Gasteiger partial charge in [-0.05, 0) is 142 Å². The number of unbranched alkanes of at least 4 members (excludes halogenated alkanes) is 10. The fourth-order valence-electron chi connectivity index (χ4n) is 7.91. The lowest BCUT2D eigenvalue weighted by Crippen LogP contribution is -2.34. The van der Waals surface area contributed by atoms with Gasteiger partial charge in [0.25, 0.3) is 0 Å². The lowest BCUT2D eigenvalue weighted by atomic mass is 9.96. The summed E-state index contributed by atoms with van der Waals surface area (Å²) >= 11 is 0. The van der Waals surface area contributed by atoms with E-state index < -0.39 is 0 Å². The molecule has 13 nitrogen and oxygen atoms in total. The predicted octanol–water partition coefficient (Wildman–Crippen LogP) is 12.2. The van der Waals surface area contributed by atoms with Gasteiger partial charge >= 0.3 is 23.9 Å². The van der Waals surface area contributed by atoms with Crippen molar-refractivity contribution < 1.29 is 47.6 Å². The van der Waals surface area contributed by atoms with Crippen LogP contribution in [-0.4, -0.2) is 144 Å². The van der Waals surface area contributed by atoms with Crippen LogP contribution in [0.15, 0.2) is 36.5 Å². The molecule has 0 aromatic heterocycles. The molecule has 0 rings (SSSR count). The first-order valence-corrected chi connectivity index (χ1v) is 28.5. The summed E-state index contributed by atoms with van der Waals surface area (Å²) in [4.78, 5) is 57.4. The summed E-state index contributed by atoms with van der Waals surface area (Å²) in [5.41, 5.74) is 0. The Morgan fingerprint density at radius 3 is 1.21 bits per heavy atom. The van der Waals surface area contributed by atoms with Gasteiger partial charge in [-0.2, -0.15) is 0 Å². The number of rotatable bonds is 53. The molecule has 0 aliphatic carbocycles. The van der Waals surface area contributed by atoms with Crippen molar-refractivity contribution >= 4 is 23.9 Å². The molecule has 0 aliphatic heterocycles. The Hall–Kier alpha value is -3.10. The zero-order chi connectivity index (χ0) is 52.1. The van der Waals surface area contributed by atoms with Gasteiger partial charge in [-0.1, -0.05) is 110 Å². The van der Waals surface area contributed by atoms with E-state index in [0.717, 1.165) is 110 Å². The van der Waals surface area contributed by atoms with Crippen LogP contribution in [0.25, 0.3) is 0 Å². The summed E-state index contributed by atoms with van der Waals surface area (Å²) in [5.74, 6) is -0.361. The van der Waals surface area contributed by atoms with Crippen molar-refractivity contribution in [2.45, 2.75) is 202 Å². The van der Waals surface area contributed by atoms with E-state index >= 15 is 0 Å². The topological polar surface area (TPSA) is 133 Å². The molecule has 0 heterocycles. The normalized spacial score (nSPS) is 12.4. The lowest BCUT2D eigenvalue weighted by molar-refractivity contribution is -0.148. The van der Waals surface area contributed by atoms with E-state index in [1.165, 1.54) is 51.4 Å². The lowest BCUT2D eigenvalue weighted by Gasteiger charge is -2.25. The zero-order valence-electron chi connectivity index (χ0n) is 46.5. The summed E-state index contributed by atoms with van der Waals surface area (Å²) in [5, 5.41) is 0. The zero-order valence-corrected chi connectivity index (χ0v) is 46.5. The molecule has 1 unspecified atom stereocenters. The summed E-state index contributed by atoms with van der Waals surface area (Å²) in [6.07, 6.45) is 37.2. The monoisotopic (exact) mass is 1010 g/mol. The van der Waals surface area contributed by atoms with Gasteiger partial charge in [-0.3, -0.25) is 19.2 Å². The Balaban J connectivity index is 5.08. The van der Waals surface area contributed by atoms with Crippen LogP contribution >= 0.6 is 0 Å². The third kappa shape index (κ3) is 48.9. The van der Waals surface area contributed by atoms with Gasteiger partial charge in [-0.25, -0.2) is 0 Å². The fourth-order valence-corrected chi connectivity index (χ4v) is 7.91. The average Bonchev–Trinajstić information content (AvgIpc) is 3.36. The summed E-state index contributed by atoms with van der Waals surface area (Å²) in [7, 11) is 2.10. The highest BCUT2D eigenvalue weighted by Crippen LogP contribution is 2.18. The number of esters is 4. The maximum Gasteiger partial charge on any atom is 0.307 e. The van der Waals surface area contributed by atoms with Crippen LogP contribution in [0.4, 0.5) is 0 Å². The second-order valence-corrected chi connectivity index (χ2v) is 19.0. The first-order chi connectivity index (χ1) is 34.7. The molecular formula is C58H107N3O10. The van der Waals surface area contributed by atoms with Crippen molar-refractivity contribution in [1.82, 2.24) is 14.7 Å². The molecule has 0 aliphatic rings. The number of carbonyl (C=O) groups excluding carboxylic acids is 4. The van der Waals surface area contributed by atoms with Gasteiger partial charge in [0.2, 0.25) is 0 Å². The predicted molar refractivity (Wildman–Crippen MR) is 290 cm³/mol. The van der Waals surface area contributed by atoms with Gasteiger partial charge < -0.3 is 43.1 Å². The van der Waals surface area contributed by atoms with Gasteiger partial charge in [-0.15, -0.1) is 0 Å². The molecule has 13 heteroatoms. The van der Waals surface area contributed by atoms with Gasteiger partial charge in [0.15, 0.2) is 0 Å². The highest BCUT2D eigenvalue weighted by Gasteiger charge is 2.16. The van der Waals surface area contributed by atoms with Gasteiger partial charge in [0.05, 0.1) is 58.7 Å². The van der Waals surface area contributed by atoms with Crippen LogP contribution in [0.5, 0.6) is 0 Å². The molecule has 0 amide bonds. The number of ether oxygens (including phenoxy) is 6. The minimum Gasteiger partial charge on any atom is -0.466 e. The van der Waals surface area contributed by atoms with Crippen molar-refractivity contribution in [3.05, 3.63) is 36.5 Å². The van der Waals surface area contributed by atoms with E-state index in [-0.39, 0.29) is 69.6 Å². The largest absolute Gasteiger partial charge is 0.466 e. The minimum absolute atomic E-state index is 0.171. The Kier molecular flexibility index (Phi) is 50.9. The molecular weight excluding hydrogens is 899 g/mol. The van der Waals surface area contributed by atoms with E-state index in [4.69, 9.17) is 28.4 Å². The standard InChI is InChI=1S/C58H107N3O10/c1-7-12-17-21-24-28-47-68-55(62)35-43-60(44-36-56(63)69-48-29-25-22-18-13-8-2)41-31-39-59(6)40-32-42-61(45-37-57(64)70-49-30-26-23-19-14-9-3)46-38-58(65)71-51-50-66-53-67-52-54(33-16-11-5)34-27-20-15-10-4/h12-14,17-19,54H,7-11,15-16,20-53H2,1-6H3/b17-12-,18-13-,19-14-. The van der Waals surface area contributed by atoms with E-state index in [1.54, 1.807) is 0 Å². The number of carbonyl (C=O) groups is 4. The second kappa shape index (κ2) is 53.2. The van der Waals surface area contributed by atoms with Crippen molar-refractivity contribution in [3.8, 4) is 0 Å². The Morgan fingerprint density at radius 2 is 0.803 bits per heavy atom. The maximum absolute atomic E-state index is 12.8. The molecule has 0 aromatic rings. The molecule has 0 saturated heterocycles. The first kappa shape index (κ1) is 67.9. The molecule has 0 radical (unpaired) electrons. The first-order valence-electron chi connectivity index (χ1n) is 28.5. The second-order valence-electron chi connectivity index (χ2n) is 19.0. The van der Waals surface area contributed by atoms with Gasteiger partial charge in [0.1, 0.15) is 13.4 Å². The summed E-state index contributed by atoms with van der Waals surface area (Å²) < 4.78 is 33.6. The molecule has 0 aromatic carbocycles. The van der Waals surface area contributed by atoms with Crippen LogP contribution < -0.4 is 0 Å². The fraction of sp³-hybridized carbons (Fsp3) is 0.828. The quantitative estimate of drug-likeness (QED) is 0.0188. The number of nitrogens with zero attached hydrogens (tertiary/aromatic N) is 3. The van der Waals surface area contributed by atoms with Crippen LogP contribution in [0.3, 0.4) is 0 Å². The van der Waals surface area contributed by atoms with Crippen molar-refractivity contribution in [2.24, 2.45) is 5.92 Å². The van der Waals surface area contributed by atoms with E-state index in [2.05, 4.69) is 92.8 Å². The number of hydrogen-bond acceptors (Lipinski definition) is 13. The maximum atomic E-state index is 12.8. The Morgan fingerprint density at radius 1 is 0.394 bits per heavy atom. The molecule has 1 atom stereocenters. The SMILES string of the molecule is CC/C=C\CCCCOC(=O)CCN(CCCN(C)CCCN(CCC(=O)OCCCC/C=C\CC)CCC(=O)OCCOCOCC(CCCC)CCCCCC)CCC(=O)OCCCC/C=C\CC. The van der Waals surface area contributed by atoms with Crippen molar-refractivity contribution in [3.63, 3.8) is 0 Å². The van der Waals surface area contributed by atoms with Gasteiger partial charge in [0, 0.05) is 26.2 Å². The highest BCUT2D eigenvalue weighted by atomic mass is 16.7. The summed E-state index contributed by atoms with van der Waals surface area (Å²) in [6.45, 7) is 18.6. The van der Waals surface area contributed by atoms with Crippen molar-refractivity contribution in [1.29, 1.82) is 0 Å². The summed E-state index contributed by atoms with van der Waals surface area (Å²) in [6, 6.07) is 0.